The molecule has 86 valence electrons. The van der Waals surface area contributed by atoms with Crippen LogP contribution in [0.15, 0.2) is 18.2 Å². The summed E-state index contributed by atoms with van der Waals surface area (Å²) in [6, 6.07) is 4.80. The van der Waals surface area contributed by atoms with Crippen LogP contribution in [0.25, 0.3) is 0 Å². The van der Waals surface area contributed by atoms with E-state index in [1.165, 1.54) is 0 Å². The van der Waals surface area contributed by atoms with Crippen LogP contribution in [-0.4, -0.2) is 20.1 Å². The van der Waals surface area contributed by atoms with E-state index < -0.39 is 10.0 Å². The summed E-state index contributed by atoms with van der Waals surface area (Å²) in [4.78, 5) is 11.5. The van der Waals surface area contributed by atoms with Gasteiger partial charge in [0.05, 0.1) is 11.4 Å². The molecule has 2 N–H and O–H groups in total. The number of hydrogen-bond donors (Lipinski definition) is 1. The zero-order valence-corrected chi connectivity index (χ0v) is 9.62. The summed E-state index contributed by atoms with van der Waals surface area (Å²) in [5.74, 6) is -0.497. The third-order valence-corrected chi connectivity index (χ3v) is 4.19. The second kappa shape index (κ2) is 3.48. The monoisotopic (exact) mass is 240 g/mol. The largest absolute Gasteiger partial charge is 0.399 e. The van der Waals surface area contributed by atoms with Crippen molar-refractivity contribution in [3.63, 3.8) is 0 Å². The van der Waals surface area contributed by atoms with Crippen molar-refractivity contribution in [1.82, 2.24) is 0 Å². The van der Waals surface area contributed by atoms with Crippen LogP contribution in [-0.2, 0) is 14.8 Å². The van der Waals surface area contributed by atoms with Crippen LogP contribution in [0, 0.1) is 6.92 Å². The van der Waals surface area contributed by atoms with Crippen LogP contribution in [0.1, 0.15) is 12.0 Å². The van der Waals surface area contributed by atoms with Crippen molar-refractivity contribution in [1.29, 1.82) is 0 Å². The maximum absolute atomic E-state index is 11.7. The van der Waals surface area contributed by atoms with E-state index in [2.05, 4.69) is 0 Å². The molecule has 6 heteroatoms. The predicted octanol–water partition coefficient (Wildman–Crippen LogP) is 0.644. The second-order valence-electron chi connectivity index (χ2n) is 3.77. The molecule has 0 spiro atoms. The van der Waals surface area contributed by atoms with Gasteiger partial charge in [0.2, 0.25) is 15.9 Å². The molecule has 1 aliphatic heterocycles. The summed E-state index contributed by atoms with van der Waals surface area (Å²) in [5.41, 5.74) is 7.20. The Kier molecular flexibility index (Phi) is 2.38. The lowest BCUT2D eigenvalue weighted by atomic mass is 10.2. The van der Waals surface area contributed by atoms with Gasteiger partial charge < -0.3 is 5.73 Å². The number of nitrogen functional groups attached to an aromatic ring is 1. The van der Waals surface area contributed by atoms with Crippen molar-refractivity contribution in [3.8, 4) is 0 Å². The first-order valence-electron chi connectivity index (χ1n) is 4.84. The molecule has 1 saturated heterocycles. The minimum absolute atomic E-state index is 0.0478. The highest BCUT2D eigenvalue weighted by Gasteiger charge is 2.36. The number of nitrogens with two attached hydrogens (primary N) is 1. The SMILES string of the molecule is Cc1cc(N)ccc1N1C(=O)CCS1(=O)=O. The van der Waals surface area contributed by atoms with Crippen molar-refractivity contribution < 1.29 is 13.2 Å². The fourth-order valence-electron chi connectivity index (χ4n) is 1.75. The molecule has 1 fully saturated rings. The molecule has 2 rings (SSSR count). The Morgan fingerprint density at radius 1 is 1.38 bits per heavy atom. The van der Waals surface area contributed by atoms with Gasteiger partial charge in [0.25, 0.3) is 0 Å². The first kappa shape index (κ1) is 10.9. The van der Waals surface area contributed by atoms with Crippen molar-refractivity contribution in [2.24, 2.45) is 0 Å². The Balaban J connectivity index is 2.56. The minimum Gasteiger partial charge on any atom is -0.399 e. The summed E-state index contributed by atoms with van der Waals surface area (Å²) in [6.07, 6.45) is 0.0478. The molecule has 0 bridgehead atoms. The molecule has 0 aliphatic carbocycles. The third kappa shape index (κ3) is 1.65. The lowest BCUT2D eigenvalue weighted by molar-refractivity contribution is -0.116. The summed E-state index contributed by atoms with van der Waals surface area (Å²) in [7, 11) is -3.48. The number of sulfonamides is 1. The number of carbonyl (C=O) groups excluding carboxylic acids is 1. The van der Waals surface area contributed by atoms with Crippen molar-refractivity contribution in [2.45, 2.75) is 13.3 Å². The average molecular weight is 240 g/mol. The van der Waals surface area contributed by atoms with Gasteiger partial charge in [-0.15, -0.1) is 0 Å². The lowest BCUT2D eigenvalue weighted by Gasteiger charge is -2.17. The van der Waals surface area contributed by atoms with Gasteiger partial charge in [0.1, 0.15) is 0 Å². The number of benzene rings is 1. The van der Waals surface area contributed by atoms with Gasteiger partial charge in [-0.25, -0.2) is 12.7 Å². The van der Waals surface area contributed by atoms with E-state index in [9.17, 15) is 13.2 Å². The summed E-state index contributed by atoms with van der Waals surface area (Å²) < 4.78 is 24.2. The van der Waals surface area contributed by atoms with E-state index in [0.29, 0.717) is 16.9 Å². The molecular formula is C10H12N2O3S. The highest BCUT2D eigenvalue weighted by molar-refractivity contribution is 7.94. The topological polar surface area (TPSA) is 80.5 Å². The lowest BCUT2D eigenvalue weighted by Crippen LogP contribution is -2.29. The van der Waals surface area contributed by atoms with E-state index in [-0.39, 0.29) is 18.1 Å². The molecule has 0 radical (unpaired) electrons. The van der Waals surface area contributed by atoms with Gasteiger partial charge >= 0.3 is 0 Å². The third-order valence-electron chi connectivity index (χ3n) is 2.52. The van der Waals surface area contributed by atoms with Crippen LogP contribution < -0.4 is 10.0 Å². The van der Waals surface area contributed by atoms with Crippen molar-refractivity contribution in [2.75, 3.05) is 15.8 Å². The van der Waals surface area contributed by atoms with E-state index in [0.717, 1.165) is 4.31 Å². The van der Waals surface area contributed by atoms with E-state index >= 15 is 0 Å². The van der Waals surface area contributed by atoms with E-state index in [1.807, 2.05) is 0 Å². The molecule has 5 nitrogen and oxygen atoms in total. The second-order valence-corrected chi connectivity index (χ2v) is 5.71. The number of amides is 1. The normalized spacial score (nSPS) is 19.1. The van der Waals surface area contributed by atoms with Crippen molar-refractivity contribution in [3.05, 3.63) is 23.8 Å². The Bertz CT molecular complexity index is 551. The molecule has 1 aromatic carbocycles. The number of aryl methyl sites for hydroxylation is 1. The molecule has 0 atom stereocenters. The van der Waals surface area contributed by atoms with Gasteiger partial charge in [0, 0.05) is 12.1 Å². The van der Waals surface area contributed by atoms with Gasteiger partial charge in [-0.1, -0.05) is 0 Å². The molecule has 16 heavy (non-hydrogen) atoms. The number of nitrogens with zero attached hydrogens (tertiary/aromatic N) is 1. The van der Waals surface area contributed by atoms with Gasteiger partial charge in [-0.2, -0.15) is 0 Å². The zero-order chi connectivity index (χ0) is 11.9. The molecule has 1 heterocycles. The van der Waals surface area contributed by atoms with Crippen LogP contribution >= 0.6 is 0 Å². The maximum Gasteiger partial charge on any atom is 0.242 e. The standard InChI is InChI=1S/C10H12N2O3S/c1-7-6-8(11)2-3-9(7)12-10(13)4-5-16(12,14)15/h2-3,6H,4-5,11H2,1H3. The van der Waals surface area contributed by atoms with Gasteiger partial charge in [-0.3, -0.25) is 4.79 Å². The van der Waals surface area contributed by atoms with Crippen molar-refractivity contribution >= 4 is 27.3 Å². The molecule has 1 aromatic rings. The van der Waals surface area contributed by atoms with Gasteiger partial charge in [-0.05, 0) is 30.7 Å². The highest BCUT2D eigenvalue weighted by Crippen LogP contribution is 2.29. The smallest absolute Gasteiger partial charge is 0.242 e. The maximum atomic E-state index is 11.7. The predicted molar refractivity (Wildman–Crippen MR) is 61.5 cm³/mol. The fraction of sp³-hybridized carbons (Fsp3) is 0.300. The zero-order valence-electron chi connectivity index (χ0n) is 8.80. The Morgan fingerprint density at radius 2 is 2.06 bits per heavy atom. The average Bonchev–Trinajstić information content (AvgIpc) is 2.43. The Labute approximate surface area is 93.9 Å². The number of hydrogen-bond acceptors (Lipinski definition) is 4. The Hall–Kier alpha value is -1.56. The molecule has 1 amide bonds. The summed E-state index contributed by atoms with van der Waals surface area (Å²) in [6.45, 7) is 1.73. The van der Waals surface area contributed by atoms with Gasteiger partial charge in [0.15, 0.2) is 0 Å². The first-order chi connectivity index (χ1) is 7.42. The highest BCUT2D eigenvalue weighted by atomic mass is 32.2. The quantitative estimate of drug-likeness (QED) is 0.730. The Morgan fingerprint density at radius 3 is 2.56 bits per heavy atom. The molecule has 0 unspecified atom stereocenters. The molecule has 0 saturated carbocycles. The minimum atomic E-state index is -3.48. The number of anilines is 2. The van der Waals surface area contributed by atoms with Crippen LogP contribution in [0.4, 0.5) is 11.4 Å². The molecule has 1 aliphatic rings. The van der Waals surface area contributed by atoms with Crippen LogP contribution in [0.3, 0.4) is 0 Å². The number of rotatable bonds is 1. The number of carbonyl (C=O) groups is 1. The fourth-order valence-corrected chi connectivity index (χ4v) is 3.28. The molecule has 0 aromatic heterocycles. The van der Waals surface area contributed by atoms with Crippen LogP contribution in [0.2, 0.25) is 0 Å². The van der Waals surface area contributed by atoms with E-state index in [4.69, 9.17) is 5.73 Å². The summed E-state index contributed by atoms with van der Waals surface area (Å²) >= 11 is 0. The molecular weight excluding hydrogens is 228 g/mol. The first-order valence-corrected chi connectivity index (χ1v) is 6.45. The summed E-state index contributed by atoms with van der Waals surface area (Å²) in [5, 5.41) is 0. The van der Waals surface area contributed by atoms with Crippen LogP contribution in [0.5, 0.6) is 0 Å². The van der Waals surface area contributed by atoms with E-state index in [1.54, 1.807) is 25.1 Å².